The Balaban J connectivity index is 2.15. The van der Waals surface area contributed by atoms with Gasteiger partial charge in [-0.25, -0.2) is 0 Å². The Morgan fingerprint density at radius 1 is 1.15 bits per heavy atom. The highest BCUT2D eigenvalue weighted by atomic mass is 16.3. The van der Waals surface area contributed by atoms with Crippen LogP contribution in [0, 0.1) is 0 Å². The first-order valence-electron chi connectivity index (χ1n) is 4.11. The van der Waals surface area contributed by atoms with Gasteiger partial charge in [0, 0.05) is 12.3 Å². The molecule has 0 bridgehead atoms. The summed E-state index contributed by atoms with van der Waals surface area (Å²) < 4.78 is 1.70. The number of rotatable bonds is 2. The molecule has 0 aliphatic rings. The molecule has 0 unspecified atom stereocenters. The molecular formula is C10H10N2O. The van der Waals surface area contributed by atoms with Crippen molar-refractivity contribution in [3.63, 3.8) is 0 Å². The predicted octanol–water partition coefficient (Wildman–Crippen LogP) is 1.64. The fourth-order valence-corrected chi connectivity index (χ4v) is 1.21. The van der Waals surface area contributed by atoms with E-state index in [0.29, 0.717) is 6.54 Å². The van der Waals surface area contributed by atoms with Crippen LogP contribution in [-0.4, -0.2) is 14.9 Å². The lowest BCUT2D eigenvalue weighted by atomic mass is 10.2. The third-order valence-corrected chi connectivity index (χ3v) is 1.81. The van der Waals surface area contributed by atoms with E-state index in [2.05, 4.69) is 5.10 Å². The number of hydrogen-bond acceptors (Lipinski definition) is 2. The van der Waals surface area contributed by atoms with Crippen LogP contribution in [0.1, 0.15) is 5.56 Å². The second kappa shape index (κ2) is 3.31. The summed E-state index contributed by atoms with van der Waals surface area (Å²) in [6.45, 7) is 0.696. The van der Waals surface area contributed by atoms with E-state index in [1.807, 2.05) is 30.3 Å². The zero-order valence-corrected chi connectivity index (χ0v) is 7.09. The van der Waals surface area contributed by atoms with Crippen LogP contribution in [0.4, 0.5) is 0 Å². The van der Waals surface area contributed by atoms with Crippen molar-refractivity contribution < 1.29 is 5.11 Å². The maximum absolute atomic E-state index is 9.00. The van der Waals surface area contributed by atoms with Gasteiger partial charge in [0.2, 0.25) is 5.88 Å². The molecule has 2 aromatic rings. The summed E-state index contributed by atoms with van der Waals surface area (Å²) in [5.41, 5.74) is 1.17. The van der Waals surface area contributed by atoms with E-state index in [0.717, 1.165) is 0 Å². The fourth-order valence-electron chi connectivity index (χ4n) is 1.21. The van der Waals surface area contributed by atoms with Crippen LogP contribution in [0.2, 0.25) is 0 Å². The van der Waals surface area contributed by atoms with Gasteiger partial charge in [-0.15, -0.1) is 5.10 Å². The first-order chi connectivity index (χ1) is 6.34. The van der Waals surface area contributed by atoms with Crippen molar-refractivity contribution in [2.75, 3.05) is 0 Å². The molecule has 13 heavy (non-hydrogen) atoms. The van der Waals surface area contributed by atoms with Crippen LogP contribution >= 0.6 is 0 Å². The molecule has 0 radical (unpaired) electrons. The maximum atomic E-state index is 9.00. The van der Waals surface area contributed by atoms with E-state index < -0.39 is 0 Å². The molecule has 0 fully saturated rings. The summed E-state index contributed by atoms with van der Waals surface area (Å²) in [7, 11) is 0. The van der Waals surface area contributed by atoms with E-state index in [4.69, 9.17) is 5.11 Å². The van der Waals surface area contributed by atoms with Crippen molar-refractivity contribution >= 4 is 0 Å². The average Bonchev–Trinajstić information content (AvgIpc) is 2.53. The van der Waals surface area contributed by atoms with Gasteiger partial charge in [0.25, 0.3) is 0 Å². The second-order valence-electron chi connectivity index (χ2n) is 2.86. The van der Waals surface area contributed by atoms with Gasteiger partial charge in [0.15, 0.2) is 0 Å². The van der Waals surface area contributed by atoms with Crippen molar-refractivity contribution in [3.8, 4) is 5.88 Å². The largest absolute Gasteiger partial charge is 0.492 e. The lowest BCUT2D eigenvalue weighted by Gasteiger charge is -1.99. The van der Waals surface area contributed by atoms with Gasteiger partial charge in [-0.1, -0.05) is 30.3 Å². The molecule has 0 aliphatic heterocycles. The molecule has 1 aromatic heterocycles. The van der Waals surface area contributed by atoms with Gasteiger partial charge in [-0.05, 0) is 5.56 Å². The molecule has 2 rings (SSSR count). The van der Waals surface area contributed by atoms with E-state index in [1.54, 1.807) is 16.9 Å². The zero-order chi connectivity index (χ0) is 9.10. The minimum absolute atomic E-state index is 0.0657. The minimum Gasteiger partial charge on any atom is -0.492 e. The maximum Gasteiger partial charge on any atom is 0.230 e. The summed E-state index contributed by atoms with van der Waals surface area (Å²) in [4.78, 5) is 0. The molecule has 1 heterocycles. The van der Waals surface area contributed by atoms with Gasteiger partial charge in [-0.2, -0.15) is 0 Å². The van der Waals surface area contributed by atoms with Gasteiger partial charge in [0.1, 0.15) is 0 Å². The summed E-state index contributed by atoms with van der Waals surface area (Å²) in [6.07, 6.45) is 1.75. The normalized spacial score (nSPS) is 10.2. The average molecular weight is 174 g/mol. The SMILES string of the molecule is Oc1ccn(Cc2ccccc2)n1. The van der Waals surface area contributed by atoms with Crippen LogP contribution in [0.3, 0.4) is 0 Å². The number of benzene rings is 1. The molecule has 0 amide bonds. The second-order valence-corrected chi connectivity index (χ2v) is 2.86. The van der Waals surface area contributed by atoms with Gasteiger partial charge in [0.05, 0.1) is 6.54 Å². The molecule has 0 saturated carbocycles. The molecule has 3 nitrogen and oxygen atoms in total. The lowest BCUT2D eigenvalue weighted by Crippen LogP contribution is -1.99. The van der Waals surface area contributed by atoms with Gasteiger partial charge in [-0.3, -0.25) is 4.68 Å². The third kappa shape index (κ3) is 1.87. The quantitative estimate of drug-likeness (QED) is 0.751. The van der Waals surface area contributed by atoms with Crippen molar-refractivity contribution in [1.29, 1.82) is 0 Å². The Hall–Kier alpha value is -1.77. The fraction of sp³-hybridized carbons (Fsp3) is 0.100. The number of aromatic hydroxyl groups is 1. The Morgan fingerprint density at radius 2 is 1.92 bits per heavy atom. The van der Waals surface area contributed by atoms with Crippen molar-refractivity contribution in [1.82, 2.24) is 9.78 Å². The van der Waals surface area contributed by atoms with Crippen molar-refractivity contribution in [2.45, 2.75) is 6.54 Å². The van der Waals surface area contributed by atoms with Crippen molar-refractivity contribution in [3.05, 3.63) is 48.2 Å². The number of nitrogens with zero attached hydrogens (tertiary/aromatic N) is 2. The molecule has 0 spiro atoms. The third-order valence-electron chi connectivity index (χ3n) is 1.81. The summed E-state index contributed by atoms with van der Waals surface area (Å²) >= 11 is 0. The molecule has 3 heteroatoms. The van der Waals surface area contributed by atoms with Crippen LogP contribution in [-0.2, 0) is 6.54 Å². The van der Waals surface area contributed by atoms with Crippen LogP contribution in [0.15, 0.2) is 42.6 Å². The van der Waals surface area contributed by atoms with Crippen LogP contribution < -0.4 is 0 Å². The van der Waals surface area contributed by atoms with Gasteiger partial charge >= 0.3 is 0 Å². The van der Waals surface area contributed by atoms with Gasteiger partial charge < -0.3 is 5.11 Å². The highest BCUT2D eigenvalue weighted by molar-refractivity contribution is 5.15. The van der Waals surface area contributed by atoms with E-state index in [-0.39, 0.29) is 5.88 Å². The van der Waals surface area contributed by atoms with Crippen molar-refractivity contribution in [2.24, 2.45) is 0 Å². The highest BCUT2D eigenvalue weighted by Gasteiger charge is 1.96. The molecule has 66 valence electrons. The van der Waals surface area contributed by atoms with Crippen LogP contribution in [0.5, 0.6) is 5.88 Å². The Kier molecular flexibility index (Phi) is 2.00. The molecule has 1 N–H and O–H groups in total. The number of aromatic nitrogens is 2. The standard InChI is InChI=1S/C10H10N2O/c13-10-6-7-12(11-10)8-9-4-2-1-3-5-9/h1-7H,8H2,(H,11,13). The van der Waals surface area contributed by atoms with E-state index in [9.17, 15) is 0 Å². The lowest BCUT2D eigenvalue weighted by molar-refractivity contribution is 0.441. The minimum atomic E-state index is 0.0657. The Morgan fingerprint density at radius 3 is 2.54 bits per heavy atom. The molecule has 1 aromatic carbocycles. The van der Waals surface area contributed by atoms with E-state index in [1.165, 1.54) is 5.56 Å². The molecular weight excluding hydrogens is 164 g/mol. The predicted molar refractivity (Wildman–Crippen MR) is 49.4 cm³/mol. The Labute approximate surface area is 76.3 Å². The topological polar surface area (TPSA) is 38.0 Å². The highest BCUT2D eigenvalue weighted by Crippen LogP contribution is 2.05. The molecule has 0 atom stereocenters. The first-order valence-corrected chi connectivity index (χ1v) is 4.11. The number of hydrogen-bond donors (Lipinski definition) is 1. The summed E-state index contributed by atoms with van der Waals surface area (Å²) in [5, 5.41) is 12.9. The smallest absolute Gasteiger partial charge is 0.230 e. The summed E-state index contributed by atoms with van der Waals surface area (Å²) in [6, 6.07) is 11.6. The van der Waals surface area contributed by atoms with Crippen LogP contribution in [0.25, 0.3) is 0 Å². The Bertz CT molecular complexity index is 381. The first kappa shape index (κ1) is 7.86. The zero-order valence-electron chi connectivity index (χ0n) is 7.09. The molecule has 0 saturated heterocycles. The monoisotopic (exact) mass is 174 g/mol. The molecule has 0 aliphatic carbocycles. The van der Waals surface area contributed by atoms with E-state index >= 15 is 0 Å². The summed E-state index contributed by atoms with van der Waals surface area (Å²) in [5.74, 6) is 0.0657.